The standard InChI is InChI=1S/C37H30O5/c1-4-21(3)28-19-24(18-25-20-29(36(38)40-5-2)37(39)42-35(25)28)32-33-26-12-8-6-10-22(26)14-16-30(33)41-31-17-15-23-11-7-9-13-27(23)34(31)32/h6-21,32H,4-5H2,1-3H3. The molecule has 0 spiro atoms. The molecule has 0 saturated heterocycles. The Bertz CT molecular complexity index is 2000. The molecule has 0 aliphatic carbocycles. The highest BCUT2D eigenvalue weighted by Gasteiger charge is 2.33. The minimum absolute atomic E-state index is 0.0970. The molecule has 0 N–H and O–H groups in total. The summed E-state index contributed by atoms with van der Waals surface area (Å²) >= 11 is 0. The van der Waals surface area contributed by atoms with Gasteiger partial charge in [0.1, 0.15) is 22.6 Å². The van der Waals surface area contributed by atoms with Gasteiger partial charge in [0.25, 0.3) is 0 Å². The Morgan fingerprint density at radius 2 is 1.43 bits per heavy atom. The Labute approximate surface area is 243 Å². The topological polar surface area (TPSA) is 65.7 Å². The summed E-state index contributed by atoms with van der Waals surface area (Å²) in [6.07, 6.45) is 0.856. The van der Waals surface area contributed by atoms with E-state index < -0.39 is 11.6 Å². The zero-order valence-electron chi connectivity index (χ0n) is 23.8. The highest BCUT2D eigenvalue weighted by Crippen LogP contribution is 2.52. The molecule has 1 aromatic heterocycles. The van der Waals surface area contributed by atoms with Crippen LogP contribution < -0.4 is 10.4 Å². The molecule has 2 heterocycles. The fourth-order valence-corrected chi connectivity index (χ4v) is 6.31. The number of esters is 1. The van der Waals surface area contributed by atoms with E-state index in [0.717, 1.165) is 61.7 Å². The van der Waals surface area contributed by atoms with Crippen LogP contribution in [0.4, 0.5) is 0 Å². The van der Waals surface area contributed by atoms with E-state index in [1.165, 1.54) is 0 Å². The summed E-state index contributed by atoms with van der Waals surface area (Å²) in [5, 5.41) is 5.20. The lowest BCUT2D eigenvalue weighted by molar-refractivity contribution is 0.0521. The second-order valence-corrected chi connectivity index (χ2v) is 10.9. The van der Waals surface area contributed by atoms with Gasteiger partial charge in [-0.3, -0.25) is 0 Å². The lowest BCUT2D eigenvalue weighted by atomic mass is 9.77. The molecule has 42 heavy (non-hydrogen) atoms. The third kappa shape index (κ3) is 4.07. The van der Waals surface area contributed by atoms with Crippen molar-refractivity contribution < 1.29 is 18.7 Å². The molecule has 0 amide bonds. The second kappa shape index (κ2) is 10.2. The number of hydrogen-bond acceptors (Lipinski definition) is 5. The largest absolute Gasteiger partial charge is 0.462 e. The Hall–Kier alpha value is -4.90. The number of fused-ring (bicyclic) bond motifs is 7. The molecular weight excluding hydrogens is 524 g/mol. The molecular formula is C37H30O5. The van der Waals surface area contributed by atoms with E-state index in [-0.39, 0.29) is 24.0 Å². The highest BCUT2D eigenvalue weighted by molar-refractivity contribution is 5.97. The van der Waals surface area contributed by atoms with Gasteiger partial charge in [0.2, 0.25) is 0 Å². The molecule has 5 nitrogen and oxygen atoms in total. The van der Waals surface area contributed by atoms with Crippen molar-refractivity contribution >= 4 is 38.5 Å². The maximum atomic E-state index is 12.9. The molecule has 0 fully saturated rings. The van der Waals surface area contributed by atoms with Gasteiger partial charge >= 0.3 is 11.6 Å². The van der Waals surface area contributed by atoms with E-state index in [2.05, 4.69) is 86.6 Å². The monoisotopic (exact) mass is 554 g/mol. The van der Waals surface area contributed by atoms with Gasteiger partial charge in [-0.1, -0.05) is 80.6 Å². The molecule has 5 heteroatoms. The van der Waals surface area contributed by atoms with Crippen LogP contribution in [0.5, 0.6) is 11.5 Å². The smallest absolute Gasteiger partial charge is 0.351 e. The summed E-state index contributed by atoms with van der Waals surface area (Å²) in [7, 11) is 0. The zero-order valence-corrected chi connectivity index (χ0v) is 23.8. The van der Waals surface area contributed by atoms with Crippen molar-refractivity contribution in [1.82, 2.24) is 0 Å². The van der Waals surface area contributed by atoms with Crippen LogP contribution in [-0.4, -0.2) is 12.6 Å². The summed E-state index contributed by atoms with van der Waals surface area (Å²) in [6.45, 7) is 6.14. The normalized spacial score (nSPS) is 13.5. The van der Waals surface area contributed by atoms with Crippen LogP contribution in [0.15, 0.2) is 100 Å². The van der Waals surface area contributed by atoms with Gasteiger partial charge in [-0.25, -0.2) is 9.59 Å². The first kappa shape index (κ1) is 26.0. The van der Waals surface area contributed by atoms with E-state index in [4.69, 9.17) is 13.9 Å². The molecule has 0 bridgehead atoms. The van der Waals surface area contributed by atoms with Gasteiger partial charge in [-0.15, -0.1) is 0 Å². The number of ether oxygens (including phenoxy) is 2. The van der Waals surface area contributed by atoms with Crippen molar-refractivity contribution in [3.63, 3.8) is 0 Å². The van der Waals surface area contributed by atoms with Crippen molar-refractivity contribution in [1.29, 1.82) is 0 Å². The average Bonchev–Trinajstić information content (AvgIpc) is 3.02. The van der Waals surface area contributed by atoms with E-state index in [1.54, 1.807) is 13.0 Å². The van der Waals surface area contributed by atoms with Crippen LogP contribution in [0.25, 0.3) is 32.5 Å². The maximum Gasteiger partial charge on any atom is 0.351 e. The third-order valence-corrected chi connectivity index (χ3v) is 8.51. The minimum Gasteiger partial charge on any atom is -0.462 e. The Morgan fingerprint density at radius 3 is 2.02 bits per heavy atom. The molecule has 7 rings (SSSR count). The van der Waals surface area contributed by atoms with Crippen molar-refractivity contribution in [2.45, 2.75) is 39.0 Å². The van der Waals surface area contributed by atoms with Gasteiger partial charge in [0, 0.05) is 22.4 Å². The molecule has 208 valence electrons. The summed E-state index contributed by atoms with van der Waals surface area (Å²) < 4.78 is 17.6. The first-order valence-electron chi connectivity index (χ1n) is 14.5. The molecule has 1 aliphatic rings. The van der Waals surface area contributed by atoms with E-state index in [0.29, 0.717) is 11.0 Å². The fourth-order valence-electron chi connectivity index (χ4n) is 6.31. The van der Waals surface area contributed by atoms with Crippen molar-refractivity contribution in [3.05, 3.63) is 129 Å². The average molecular weight is 555 g/mol. The maximum absolute atomic E-state index is 12.9. The molecule has 0 saturated carbocycles. The van der Waals surface area contributed by atoms with Gasteiger partial charge < -0.3 is 13.9 Å². The Kier molecular flexibility index (Phi) is 6.31. The van der Waals surface area contributed by atoms with Gasteiger partial charge in [0.05, 0.1) is 6.61 Å². The number of carbonyl (C=O) groups excluding carboxylic acids is 1. The summed E-state index contributed by atoms with van der Waals surface area (Å²) in [5.41, 5.74) is 3.89. The number of benzene rings is 5. The predicted octanol–water partition coefficient (Wildman–Crippen LogP) is 9.08. The number of hydrogen-bond donors (Lipinski definition) is 0. The fraction of sp³-hybridized carbons (Fsp3) is 0.189. The first-order chi connectivity index (χ1) is 20.5. The van der Waals surface area contributed by atoms with E-state index in [9.17, 15) is 9.59 Å². The molecule has 1 unspecified atom stereocenters. The van der Waals surface area contributed by atoms with Crippen LogP contribution in [0.1, 0.15) is 71.6 Å². The third-order valence-electron chi connectivity index (χ3n) is 8.51. The minimum atomic E-state index is -0.683. The van der Waals surface area contributed by atoms with Crippen LogP contribution in [0.3, 0.4) is 0 Å². The van der Waals surface area contributed by atoms with Crippen LogP contribution in [0.2, 0.25) is 0 Å². The lowest BCUT2D eigenvalue weighted by Gasteiger charge is -2.32. The lowest BCUT2D eigenvalue weighted by Crippen LogP contribution is -2.17. The molecule has 1 aliphatic heterocycles. The summed E-state index contributed by atoms with van der Waals surface area (Å²) in [4.78, 5) is 25.6. The van der Waals surface area contributed by atoms with Crippen LogP contribution >= 0.6 is 0 Å². The van der Waals surface area contributed by atoms with Crippen molar-refractivity contribution in [2.75, 3.05) is 6.61 Å². The summed E-state index contributed by atoms with van der Waals surface area (Å²) in [5.74, 6) is 0.897. The van der Waals surface area contributed by atoms with Gasteiger partial charge in [-0.05, 0) is 76.2 Å². The second-order valence-electron chi connectivity index (χ2n) is 10.9. The van der Waals surface area contributed by atoms with E-state index >= 15 is 0 Å². The molecule has 6 aromatic rings. The summed E-state index contributed by atoms with van der Waals surface area (Å²) in [6, 6.07) is 30.9. The number of carbonyl (C=O) groups is 1. The van der Waals surface area contributed by atoms with Crippen LogP contribution in [0, 0.1) is 0 Å². The first-order valence-corrected chi connectivity index (χ1v) is 14.5. The SMILES string of the molecule is CCOC(=O)c1cc2cc(C3c4c(ccc5ccccc45)Oc4ccc5ccccc5c43)cc(C(C)CC)c2oc1=O. The van der Waals surface area contributed by atoms with Crippen molar-refractivity contribution in [2.24, 2.45) is 0 Å². The molecule has 1 atom stereocenters. The Morgan fingerprint density at radius 1 is 0.810 bits per heavy atom. The molecule has 5 aromatic carbocycles. The van der Waals surface area contributed by atoms with Gasteiger partial charge in [0.15, 0.2) is 0 Å². The zero-order chi connectivity index (χ0) is 29.0. The predicted molar refractivity (Wildman–Crippen MR) is 166 cm³/mol. The number of rotatable bonds is 5. The molecule has 0 radical (unpaired) electrons. The van der Waals surface area contributed by atoms with Crippen LogP contribution in [-0.2, 0) is 4.74 Å². The van der Waals surface area contributed by atoms with Gasteiger partial charge in [-0.2, -0.15) is 0 Å². The highest BCUT2D eigenvalue weighted by atomic mass is 16.5. The Balaban J connectivity index is 1.59. The van der Waals surface area contributed by atoms with Crippen molar-refractivity contribution in [3.8, 4) is 11.5 Å². The van der Waals surface area contributed by atoms with E-state index in [1.807, 2.05) is 12.1 Å². The quantitative estimate of drug-likeness (QED) is 0.157.